The highest BCUT2D eigenvalue weighted by Gasteiger charge is 2.03. The van der Waals surface area contributed by atoms with Gasteiger partial charge < -0.3 is 4.90 Å². The Balaban J connectivity index is 2.74. The number of nitrogens with zero attached hydrogens (tertiary/aromatic N) is 2. The number of hydrogen-bond acceptors (Lipinski definition) is 3. The second kappa shape index (κ2) is 7.03. The van der Waals surface area contributed by atoms with E-state index < -0.39 is 0 Å². The highest BCUT2D eigenvalue weighted by molar-refractivity contribution is 8.04. The predicted molar refractivity (Wildman–Crippen MR) is 77.1 cm³/mol. The van der Waals surface area contributed by atoms with Gasteiger partial charge in [-0.05, 0) is 48.9 Å². The van der Waals surface area contributed by atoms with Crippen LogP contribution in [0.1, 0.15) is 19.4 Å². The van der Waals surface area contributed by atoms with Crippen molar-refractivity contribution in [1.29, 1.82) is 5.26 Å². The van der Waals surface area contributed by atoms with Crippen LogP contribution in [0.5, 0.6) is 0 Å². The van der Waals surface area contributed by atoms with Crippen molar-refractivity contribution in [2.45, 2.75) is 13.8 Å². The molecule has 0 atom stereocenters. The van der Waals surface area contributed by atoms with Gasteiger partial charge in [0.2, 0.25) is 0 Å². The third-order valence-electron chi connectivity index (χ3n) is 2.72. The van der Waals surface area contributed by atoms with E-state index in [2.05, 4.69) is 55.0 Å². The molecule has 0 aliphatic heterocycles. The summed E-state index contributed by atoms with van der Waals surface area (Å²) >= 11 is 1.23. The largest absolute Gasteiger partial charge is 0.372 e. The monoisotopic (exact) mass is 246 g/mol. The standard InChI is InChI=1S/C14H18N2S/c1-4-16(5-2)14-8-6-13(7-9-14)12(3)10-17-11-15/h6-9H,3-5,10H2,1-2H3. The van der Waals surface area contributed by atoms with E-state index in [-0.39, 0.29) is 0 Å². The van der Waals surface area contributed by atoms with Crippen molar-refractivity contribution < 1.29 is 0 Å². The summed E-state index contributed by atoms with van der Waals surface area (Å²) in [6.45, 7) is 10.3. The molecule has 0 saturated carbocycles. The quantitative estimate of drug-likeness (QED) is 0.715. The summed E-state index contributed by atoms with van der Waals surface area (Å²) in [7, 11) is 0. The number of thiocyanates is 1. The van der Waals surface area contributed by atoms with Gasteiger partial charge in [0, 0.05) is 24.5 Å². The van der Waals surface area contributed by atoms with Gasteiger partial charge in [0.15, 0.2) is 0 Å². The molecule has 0 fully saturated rings. The maximum atomic E-state index is 8.51. The number of nitriles is 1. The van der Waals surface area contributed by atoms with Crippen LogP contribution in [0.25, 0.3) is 5.57 Å². The van der Waals surface area contributed by atoms with Gasteiger partial charge >= 0.3 is 0 Å². The lowest BCUT2D eigenvalue weighted by molar-refractivity contribution is 0.866. The molecule has 0 unspecified atom stereocenters. The van der Waals surface area contributed by atoms with Gasteiger partial charge in [-0.1, -0.05) is 18.7 Å². The number of benzene rings is 1. The molecule has 0 aliphatic rings. The fraction of sp³-hybridized carbons (Fsp3) is 0.357. The Labute approximate surface area is 108 Å². The average molecular weight is 246 g/mol. The van der Waals surface area contributed by atoms with Crippen LogP contribution < -0.4 is 4.90 Å². The summed E-state index contributed by atoms with van der Waals surface area (Å²) in [6.07, 6.45) is 0. The second-order valence-corrected chi connectivity index (χ2v) is 4.46. The van der Waals surface area contributed by atoms with Crippen LogP contribution in [0.4, 0.5) is 5.69 Å². The molecule has 0 N–H and O–H groups in total. The Morgan fingerprint density at radius 3 is 2.35 bits per heavy atom. The van der Waals surface area contributed by atoms with Crippen molar-refractivity contribution in [1.82, 2.24) is 0 Å². The minimum absolute atomic E-state index is 0.668. The first-order valence-electron chi connectivity index (χ1n) is 5.77. The van der Waals surface area contributed by atoms with Gasteiger partial charge in [-0.2, -0.15) is 5.26 Å². The summed E-state index contributed by atoms with van der Waals surface area (Å²) in [5.74, 6) is 0.668. The lowest BCUT2D eigenvalue weighted by Crippen LogP contribution is -2.21. The van der Waals surface area contributed by atoms with Crippen molar-refractivity contribution in [3.8, 4) is 5.40 Å². The van der Waals surface area contributed by atoms with Crippen LogP contribution in [0.3, 0.4) is 0 Å². The van der Waals surface area contributed by atoms with E-state index in [4.69, 9.17) is 5.26 Å². The van der Waals surface area contributed by atoms with Crippen LogP contribution >= 0.6 is 11.8 Å². The zero-order valence-electron chi connectivity index (χ0n) is 10.4. The Kier molecular flexibility index (Phi) is 5.65. The molecule has 0 bridgehead atoms. The highest BCUT2D eigenvalue weighted by atomic mass is 32.2. The zero-order valence-corrected chi connectivity index (χ0v) is 11.3. The van der Waals surface area contributed by atoms with Crippen molar-refractivity contribution in [3.05, 3.63) is 36.4 Å². The molecule has 0 spiro atoms. The summed E-state index contributed by atoms with van der Waals surface area (Å²) in [5, 5.41) is 10.6. The Hall–Kier alpha value is -1.40. The average Bonchev–Trinajstić information content (AvgIpc) is 2.38. The van der Waals surface area contributed by atoms with Crippen LogP contribution in [0.2, 0.25) is 0 Å². The van der Waals surface area contributed by atoms with Crippen molar-refractivity contribution in [2.24, 2.45) is 0 Å². The first-order valence-corrected chi connectivity index (χ1v) is 6.75. The van der Waals surface area contributed by atoms with Gasteiger partial charge in [-0.3, -0.25) is 0 Å². The zero-order chi connectivity index (χ0) is 12.7. The summed E-state index contributed by atoms with van der Waals surface area (Å²) in [5.41, 5.74) is 3.35. The molecule has 0 aromatic heterocycles. The molecule has 0 saturated heterocycles. The number of anilines is 1. The summed E-state index contributed by atoms with van der Waals surface area (Å²) < 4.78 is 0. The van der Waals surface area contributed by atoms with Crippen molar-refractivity contribution in [2.75, 3.05) is 23.7 Å². The maximum Gasteiger partial charge on any atom is 0.133 e. The number of thioether (sulfide) groups is 1. The molecule has 1 rings (SSSR count). The second-order valence-electron chi connectivity index (χ2n) is 3.70. The minimum Gasteiger partial charge on any atom is -0.372 e. The Bertz CT molecular complexity index is 399. The van der Waals surface area contributed by atoms with Gasteiger partial charge in [0.05, 0.1) is 0 Å². The van der Waals surface area contributed by atoms with Crippen LogP contribution in [-0.2, 0) is 0 Å². The van der Waals surface area contributed by atoms with E-state index in [1.807, 2.05) is 0 Å². The minimum atomic E-state index is 0.668. The molecule has 2 nitrogen and oxygen atoms in total. The molecule has 0 heterocycles. The molecule has 1 aromatic carbocycles. The molecular weight excluding hydrogens is 228 g/mol. The van der Waals surface area contributed by atoms with E-state index in [1.54, 1.807) is 0 Å². The SMILES string of the molecule is C=C(CSC#N)c1ccc(N(CC)CC)cc1. The normalized spacial score (nSPS) is 9.71. The highest BCUT2D eigenvalue weighted by Crippen LogP contribution is 2.21. The van der Waals surface area contributed by atoms with Crippen LogP contribution in [0, 0.1) is 10.7 Å². The van der Waals surface area contributed by atoms with E-state index in [0.717, 1.165) is 24.2 Å². The number of hydrogen-bond donors (Lipinski definition) is 0. The predicted octanol–water partition coefficient (Wildman–Crippen LogP) is 3.76. The Morgan fingerprint density at radius 2 is 1.88 bits per heavy atom. The molecule has 3 heteroatoms. The molecule has 0 amide bonds. The third kappa shape index (κ3) is 3.83. The van der Waals surface area contributed by atoms with Gasteiger partial charge in [0.25, 0.3) is 0 Å². The summed E-state index contributed by atoms with van der Waals surface area (Å²) in [6, 6.07) is 8.39. The lowest BCUT2D eigenvalue weighted by atomic mass is 10.1. The summed E-state index contributed by atoms with van der Waals surface area (Å²) in [4.78, 5) is 2.30. The number of rotatable bonds is 6. The maximum absolute atomic E-state index is 8.51. The fourth-order valence-corrected chi connectivity index (χ4v) is 2.10. The molecule has 90 valence electrons. The van der Waals surface area contributed by atoms with Crippen LogP contribution in [0.15, 0.2) is 30.8 Å². The Morgan fingerprint density at radius 1 is 1.29 bits per heavy atom. The van der Waals surface area contributed by atoms with Gasteiger partial charge in [0.1, 0.15) is 5.40 Å². The smallest absolute Gasteiger partial charge is 0.133 e. The van der Waals surface area contributed by atoms with E-state index in [1.165, 1.54) is 17.4 Å². The molecule has 0 aliphatic carbocycles. The topological polar surface area (TPSA) is 27.0 Å². The van der Waals surface area contributed by atoms with Gasteiger partial charge in [-0.15, -0.1) is 0 Å². The molecular formula is C14H18N2S. The van der Waals surface area contributed by atoms with Crippen molar-refractivity contribution >= 4 is 23.0 Å². The lowest BCUT2D eigenvalue weighted by Gasteiger charge is -2.21. The van der Waals surface area contributed by atoms with E-state index in [9.17, 15) is 0 Å². The van der Waals surface area contributed by atoms with Crippen molar-refractivity contribution in [3.63, 3.8) is 0 Å². The first kappa shape index (κ1) is 13.7. The molecule has 0 radical (unpaired) electrons. The molecule has 1 aromatic rings. The van der Waals surface area contributed by atoms with Gasteiger partial charge in [-0.25, -0.2) is 0 Å². The van der Waals surface area contributed by atoms with E-state index >= 15 is 0 Å². The van der Waals surface area contributed by atoms with E-state index in [0.29, 0.717) is 5.75 Å². The third-order valence-corrected chi connectivity index (χ3v) is 3.34. The first-order chi connectivity index (χ1) is 8.22. The van der Waals surface area contributed by atoms with Crippen LogP contribution in [-0.4, -0.2) is 18.8 Å². The molecule has 17 heavy (non-hydrogen) atoms. The fourth-order valence-electron chi connectivity index (χ4n) is 1.70.